The van der Waals surface area contributed by atoms with Crippen molar-refractivity contribution in [3.8, 4) is 0 Å². The van der Waals surface area contributed by atoms with Crippen LogP contribution in [0.25, 0.3) is 0 Å². The number of rotatable bonds is 1. The molecule has 2 heteroatoms. The van der Waals surface area contributed by atoms with E-state index in [0.717, 1.165) is 0 Å². The van der Waals surface area contributed by atoms with Gasteiger partial charge in [-0.2, -0.15) is 0 Å². The third kappa shape index (κ3) is 36.4. The summed E-state index contributed by atoms with van der Waals surface area (Å²) in [4.78, 5) is 0. The highest BCUT2D eigenvalue weighted by molar-refractivity contribution is 6.15. The first kappa shape index (κ1) is 9.37. The maximum atomic E-state index is 7.76. The van der Waals surface area contributed by atoms with Gasteiger partial charge in [-0.15, -0.1) is 18.2 Å². The van der Waals surface area contributed by atoms with Crippen LogP contribution >= 0.6 is 11.6 Å². The summed E-state index contributed by atoms with van der Waals surface area (Å²) in [5, 5.41) is 7.76. The third-order valence-electron chi connectivity index (χ3n) is 0.129. The predicted molar refractivity (Wildman–Crippen MR) is 29.1 cm³/mol. The molecule has 0 aromatic heterocycles. The van der Waals surface area contributed by atoms with Gasteiger partial charge in [0.25, 0.3) is 0 Å². The van der Waals surface area contributed by atoms with E-state index >= 15 is 0 Å². The largest absolute Gasteiger partial charge is 0.392 e. The molecule has 0 atom stereocenters. The lowest BCUT2D eigenvalue weighted by molar-refractivity contribution is 0.343. The van der Waals surface area contributed by atoms with E-state index in [1.54, 1.807) is 0 Å². The van der Waals surface area contributed by atoms with Crippen LogP contribution in [0.4, 0.5) is 0 Å². The SMILES string of the molecule is C=CCO.CCl. The molecule has 0 aliphatic carbocycles. The fourth-order valence-corrected chi connectivity index (χ4v) is 0. The Hall–Kier alpha value is -0.0100. The van der Waals surface area contributed by atoms with E-state index in [-0.39, 0.29) is 6.61 Å². The minimum absolute atomic E-state index is 0.0833. The molecule has 0 fully saturated rings. The minimum atomic E-state index is 0.0833. The Bertz CT molecular complexity index is 21.5. The van der Waals surface area contributed by atoms with E-state index in [1.807, 2.05) is 0 Å². The van der Waals surface area contributed by atoms with Crippen LogP contribution < -0.4 is 0 Å². The Morgan fingerprint density at radius 1 is 1.83 bits per heavy atom. The van der Waals surface area contributed by atoms with Gasteiger partial charge in [-0.1, -0.05) is 6.08 Å². The van der Waals surface area contributed by atoms with Gasteiger partial charge < -0.3 is 5.11 Å². The molecule has 0 aromatic rings. The van der Waals surface area contributed by atoms with E-state index < -0.39 is 0 Å². The van der Waals surface area contributed by atoms with Crippen molar-refractivity contribution in [2.75, 3.05) is 13.0 Å². The summed E-state index contributed by atoms with van der Waals surface area (Å²) in [5.41, 5.74) is 0. The van der Waals surface area contributed by atoms with Gasteiger partial charge in [0, 0.05) is 6.38 Å². The highest BCUT2D eigenvalue weighted by Crippen LogP contribution is 1.46. The fraction of sp³-hybridized carbons (Fsp3) is 0.500. The lowest BCUT2D eigenvalue weighted by Gasteiger charge is -1.60. The zero-order valence-electron chi connectivity index (χ0n) is 3.82. The summed E-state index contributed by atoms with van der Waals surface area (Å²) in [6.07, 6.45) is 2.90. The average Bonchev–Trinajstić information content (AvgIpc) is 1.72. The molecule has 0 aliphatic rings. The normalized spacial score (nSPS) is 5.17. The summed E-state index contributed by atoms with van der Waals surface area (Å²) in [5.74, 6) is 0. The molecule has 0 amide bonds. The molecule has 0 radical (unpaired) electrons. The number of alkyl halides is 1. The van der Waals surface area contributed by atoms with Crippen LogP contribution in [0.15, 0.2) is 12.7 Å². The fourth-order valence-electron chi connectivity index (χ4n) is 0. The maximum Gasteiger partial charge on any atom is 0.0609 e. The molecule has 0 saturated carbocycles. The summed E-state index contributed by atoms with van der Waals surface area (Å²) < 4.78 is 0. The van der Waals surface area contributed by atoms with E-state index in [1.165, 1.54) is 12.5 Å². The standard InChI is InChI=1S/C3H6O.CH3Cl/c1-2-3-4;1-2/h2,4H,1,3H2;1H3. The quantitative estimate of drug-likeness (QED) is 0.393. The zero-order valence-corrected chi connectivity index (χ0v) is 4.57. The molecular formula is C4H9ClO. The highest BCUT2D eigenvalue weighted by Gasteiger charge is 1.45. The first-order chi connectivity index (χ1) is 2.91. The Kier molecular flexibility index (Phi) is 31.3. The molecule has 6 heavy (non-hydrogen) atoms. The second-order valence-electron chi connectivity index (χ2n) is 0.471. The van der Waals surface area contributed by atoms with Crippen LogP contribution in [0.5, 0.6) is 0 Å². The highest BCUT2D eigenvalue weighted by atomic mass is 35.5. The first-order valence-electron chi connectivity index (χ1n) is 1.51. The number of hydrogen-bond donors (Lipinski definition) is 1. The van der Waals surface area contributed by atoms with Gasteiger partial charge in [0.15, 0.2) is 0 Å². The number of halogens is 1. The van der Waals surface area contributed by atoms with Crippen LogP contribution in [0.1, 0.15) is 0 Å². The zero-order chi connectivity index (χ0) is 5.41. The Labute approximate surface area is 43.2 Å². The Morgan fingerprint density at radius 3 is 2.00 bits per heavy atom. The van der Waals surface area contributed by atoms with Crippen molar-refractivity contribution in [2.45, 2.75) is 0 Å². The van der Waals surface area contributed by atoms with Crippen molar-refractivity contribution in [3.63, 3.8) is 0 Å². The lowest BCUT2D eigenvalue weighted by Crippen LogP contribution is -1.62. The molecule has 0 saturated heterocycles. The van der Waals surface area contributed by atoms with Crippen molar-refractivity contribution in [1.29, 1.82) is 0 Å². The molecule has 0 aliphatic heterocycles. The van der Waals surface area contributed by atoms with Gasteiger partial charge >= 0.3 is 0 Å². The molecule has 0 rings (SSSR count). The molecule has 0 unspecified atom stereocenters. The summed E-state index contributed by atoms with van der Waals surface area (Å²) in [6, 6.07) is 0. The maximum absolute atomic E-state index is 7.76. The minimum Gasteiger partial charge on any atom is -0.392 e. The Morgan fingerprint density at radius 2 is 2.00 bits per heavy atom. The third-order valence-corrected chi connectivity index (χ3v) is 0.129. The van der Waals surface area contributed by atoms with Gasteiger partial charge in [0.2, 0.25) is 0 Å². The number of hydrogen-bond acceptors (Lipinski definition) is 1. The van der Waals surface area contributed by atoms with E-state index in [2.05, 4.69) is 18.2 Å². The smallest absolute Gasteiger partial charge is 0.0609 e. The number of aliphatic hydroxyl groups is 1. The van der Waals surface area contributed by atoms with Crippen LogP contribution in [-0.2, 0) is 0 Å². The van der Waals surface area contributed by atoms with Gasteiger partial charge in [0.1, 0.15) is 0 Å². The summed E-state index contributed by atoms with van der Waals surface area (Å²) in [6.45, 7) is 3.31. The number of aliphatic hydroxyl groups excluding tert-OH is 1. The second kappa shape index (κ2) is 20.1. The van der Waals surface area contributed by atoms with E-state index in [0.29, 0.717) is 0 Å². The molecule has 0 aromatic carbocycles. The van der Waals surface area contributed by atoms with Crippen LogP contribution in [0, 0.1) is 0 Å². The van der Waals surface area contributed by atoms with Gasteiger partial charge in [-0.05, 0) is 0 Å². The van der Waals surface area contributed by atoms with Gasteiger partial charge in [0.05, 0.1) is 6.61 Å². The van der Waals surface area contributed by atoms with E-state index in [9.17, 15) is 0 Å². The monoisotopic (exact) mass is 108 g/mol. The van der Waals surface area contributed by atoms with Gasteiger partial charge in [-0.25, -0.2) is 0 Å². The van der Waals surface area contributed by atoms with Crippen LogP contribution in [0.3, 0.4) is 0 Å². The van der Waals surface area contributed by atoms with Crippen LogP contribution in [-0.4, -0.2) is 18.1 Å². The van der Waals surface area contributed by atoms with Gasteiger partial charge in [-0.3, -0.25) is 0 Å². The average molecular weight is 109 g/mol. The molecule has 38 valence electrons. The Balaban J connectivity index is 0. The van der Waals surface area contributed by atoms with Crippen molar-refractivity contribution >= 4 is 11.6 Å². The van der Waals surface area contributed by atoms with Crippen molar-refractivity contribution in [2.24, 2.45) is 0 Å². The second-order valence-corrected chi connectivity index (χ2v) is 0.471. The molecule has 0 heterocycles. The van der Waals surface area contributed by atoms with Crippen molar-refractivity contribution < 1.29 is 5.11 Å². The lowest BCUT2D eigenvalue weighted by atomic mass is 10.7. The molecule has 0 spiro atoms. The van der Waals surface area contributed by atoms with E-state index in [4.69, 9.17) is 5.11 Å². The summed E-state index contributed by atoms with van der Waals surface area (Å²) in [7, 11) is 0. The molecule has 0 bridgehead atoms. The molecule has 1 nitrogen and oxygen atoms in total. The molecule has 1 N–H and O–H groups in total. The molecular weight excluding hydrogens is 99.5 g/mol. The first-order valence-corrected chi connectivity index (χ1v) is 2.27. The van der Waals surface area contributed by atoms with Crippen molar-refractivity contribution in [3.05, 3.63) is 12.7 Å². The topological polar surface area (TPSA) is 20.2 Å². The predicted octanol–water partition coefficient (Wildman–Crippen LogP) is 1.02. The van der Waals surface area contributed by atoms with Crippen molar-refractivity contribution in [1.82, 2.24) is 0 Å². The summed E-state index contributed by atoms with van der Waals surface area (Å²) >= 11 is 4.64. The van der Waals surface area contributed by atoms with Crippen LogP contribution in [0.2, 0.25) is 0 Å².